The monoisotopic (exact) mass is 439 g/mol. The van der Waals surface area contributed by atoms with Gasteiger partial charge in [-0.1, -0.05) is 36.0 Å². The fourth-order valence-corrected chi connectivity index (χ4v) is 3.70. The van der Waals surface area contributed by atoms with Gasteiger partial charge in [0.25, 0.3) is 11.8 Å². The number of hydrogen-bond acceptors (Lipinski definition) is 5. The molecule has 1 unspecified atom stereocenters. The minimum Gasteiger partial charge on any atom is -0.478 e. The number of carbonyl (C=O) groups is 2. The molecular formula is C23H22FN3O3S. The van der Waals surface area contributed by atoms with Gasteiger partial charge in [0.05, 0.1) is 5.56 Å². The van der Waals surface area contributed by atoms with Gasteiger partial charge in [-0.15, -0.1) is 0 Å². The number of ether oxygens (including phenoxy) is 1. The van der Waals surface area contributed by atoms with E-state index in [9.17, 15) is 14.0 Å². The number of aryl methyl sites for hydroxylation is 2. The van der Waals surface area contributed by atoms with Gasteiger partial charge in [-0.05, 0) is 62.2 Å². The summed E-state index contributed by atoms with van der Waals surface area (Å²) in [5.41, 5.74) is 7.16. The summed E-state index contributed by atoms with van der Waals surface area (Å²) in [6.07, 6.45) is 0.586. The number of aromatic nitrogens is 1. The molecule has 3 aromatic rings. The molecular weight excluding hydrogens is 417 g/mol. The summed E-state index contributed by atoms with van der Waals surface area (Å²) in [6.45, 7) is 5.44. The highest BCUT2D eigenvalue weighted by molar-refractivity contribution is 7.99. The van der Waals surface area contributed by atoms with Gasteiger partial charge in [0.1, 0.15) is 5.03 Å². The van der Waals surface area contributed by atoms with Crippen molar-refractivity contribution >= 4 is 23.6 Å². The van der Waals surface area contributed by atoms with Gasteiger partial charge >= 0.3 is 0 Å². The van der Waals surface area contributed by atoms with Crippen molar-refractivity contribution < 1.29 is 18.7 Å². The summed E-state index contributed by atoms with van der Waals surface area (Å²) >= 11 is 1.38. The summed E-state index contributed by atoms with van der Waals surface area (Å²) in [4.78, 5) is 30.2. The summed E-state index contributed by atoms with van der Waals surface area (Å²) < 4.78 is 19.0. The van der Waals surface area contributed by atoms with E-state index in [0.29, 0.717) is 10.6 Å². The third kappa shape index (κ3) is 5.82. The maximum Gasteiger partial charge on any atom is 0.279 e. The van der Waals surface area contributed by atoms with Gasteiger partial charge in [0, 0.05) is 11.1 Å². The lowest BCUT2D eigenvalue weighted by Crippen LogP contribution is -2.47. The molecule has 0 fully saturated rings. The number of hydrogen-bond donors (Lipinski definition) is 2. The molecule has 160 valence electrons. The molecule has 3 rings (SSSR count). The largest absolute Gasteiger partial charge is 0.478 e. The Hall–Kier alpha value is -3.39. The normalized spacial score (nSPS) is 11.5. The minimum atomic E-state index is -1.02. The zero-order valence-corrected chi connectivity index (χ0v) is 18.1. The number of halogens is 1. The van der Waals surface area contributed by atoms with Crippen molar-refractivity contribution in [2.45, 2.75) is 36.8 Å². The smallest absolute Gasteiger partial charge is 0.279 e. The van der Waals surface area contributed by atoms with Gasteiger partial charge < -0.3 is 4.74 Å². The van der Waals surface area contributed by atoms with Crippen LogP contribution in [0.3, 0.4) is 0 Å². The Bertz CT molecular complexity index is 1110. The van der Waals surface area contributed by atoms with Crippen LogP contribution in [0.5, 0.6) is 5.75 Å². The first-order valence-electron chi connectivity index (χ1n) is 9.56. The van der Waals surface area contributed by atoms with Crippen LogP contribution in [0.4, 0.5) is 4.39 Å². The van der Waals surface area contributed by atoms with E-state index >= 15 is 0 Å². The van der Waals surface area contributed by atoms with Crippen LogP contribution in [0.2, 0.25) is 0 Å². The highest BCUT2D eigenvalue weighted by Gasteiger charge is 2.19. The lowest BCUT2D eigenvalue weighted by Gasteiger charge is -2.16. The molecule has 2 amide bonds. The van der Waals surface area contributed by atoms with E-state index in [0.717, 1.165) is 16.0 Å². The number of nitrogens with one attached hydrogen (secondary N) is 2. The number of benzene rings is 2. The molecule has 8 heteroatoms. The topological polar surface area (TPSA) is 80.3 Å². The molecule has 2 aromatic carbocycles. The average Bonchev–Trinajstić information content (AvgIpc) is 2.76. The van der Waals surface area contributed by atoms with Crippen LogP contribution in [0.1, 0.15) is 28.4 Å². The molecule has 0 aliphatic rings. The fraction of sp³-hybridized carbons (Fsp3) is 0.174. The lowest BCUT2D eigenvalue weighted by atomic mass is 10.2. The average molecular weight is 440 g/mol. The third-order valence-electron chi connectivity index (χ3n) is 4.37. The molecule has 0 saturated heterocycles. The zero-order chi connectivity index (χ0) is 22.4. The number of nitrogens with zero attached hydrogens (tertiary/aromatic N) is 1. The second-order valence-corrected chi connectivity index (χ2v) is 7.89. The number of carbonyl (C=O) groups excluding carboxylic acids is 2. The van der Waals surface area contributed by atoms with E-state index in [1.54, 1.807) is 24.4 Å². The van der Waals surface area contributed by atoms with Crippen LogP contribution in [-0.4, -0.2) is 22.9 Å². The minimum absolute atomic E-state index is 0.0454. The van der Waals surface area contributed by atoms with Crippen molar-refractivity contribution in [2.75, 3.05) is 0 Å². The van der Waals surface area contributed by atoms with Crippen molar-refractivity contribution in [1.82, 2.24) is 15.8 Å². The standard InChI is InChI=1S/C23H22FN3O3S/c1-14-10-11-15(2)20(13-14)31-23-17(7-6-12-25-23)22(29)27-26-21(28)16(3)30-19-9-5-4-8-18(19)24/h4-13,16H,1-3H3,(H,26,28)(H,27,29). The van der Waals surface area contributed by atoms with Crippen molar-refractivity contribution in [3.8, 4) is 5.75 Å². The van der Waals surface area contributed by atoms with E-state index in [2.05, 4.69) is 15.8 Å². The number of hydrazine groups is 1. The number of pyridine rings is 1. The van der Waals surface area contributed by atoms with Crippen LogP contribution in [0.15, 0.2) is 70.7 Å². The first-order chi connectivity index (χ1) is 14.8. The third-order valence-corrected chi connectivity index (χ3v) is 5.55. The molecule has 1 heterocycles. The molecule has 2 N–H and O–H groups in total. The predicted octanol–water partition coefficient (Wildman–Crippen LogP) is 4.22. The molecule has 31 heavy (non-hydrogen) atoms. The number of para-hydroxylation sites is 1. The van der Waals surface area contributed by atoms with E-state index in [1.165, 1.54) is 36.9 Å². The Kier molecular flexibility index (Phi) is 7.25. The Balaban J connectivity index is 1.65. The van der Waals surface area contributed by atoms with Gasteiger partial charge in [-0.25, -0.2) is 9.37 Å². The summed E-state index contributed by atoms with van der Waals surface area (Å²) in [5, 5.41) is 0.513. The highest BCUT2D eigenvalue weighted by Crippen LogP contribution is 2.31. The maximum absolute atomic E-state index is 13.7. The molecule has 0 spiro atoms. The first kappa shape index (κ1) is 22.3. The van der Waals surface area contributed by atoms with Crippen molar-refractivity contribution in [3.63, 3.8) is 0 Å². The second-order valence-electron chi connectivity index (χ2n) is 6.86. The molecule has 0 radical (unpaired) electrons. The van der Waals surface area contributed by atoms with Gasteiger partial charge in [-0.2, -0.15) is 0 Å². The molecule has 0 aliphatic heterocycles. The quantitative estimate of drug-likeness (QED) is 0.562. The zero-order valence-electron chi connectivity index (χ0n) is 17.3. The molecule has 0 bridgehead atoms. The number of amides is 2. The summed E-state index contributed by atoms with van der Waals surface area (Å²) in [5.74, 6) is -1.76. The molecule has 6 nitrogen and oxygen atoms in total. The van der Waals surface area contributed by atoms with Gasteiger partial charge in [0.15, 0.2) is 17.7 Å². The Morgan fingerprint density at radius 2 is 1.84 bits per heavy atom. The Labute approximate surface area is 184 Å². The van der Waals surface area contributed by atoms with Crippen LogP contribution in [-0.2, 0) is 4.79 Å². The summed E-state index contributed by atoms with van der Waals surface area (Å²) in [6, 6.07) is 15.1. The molecule has 0 aliphatic carbocycles. The number of rotatable bonds is 6. The van der Waals surface area contributed by atoms with E-state index < -0.39 is 23.7 Å². The Morgan fingerprint density at radius 3 is 2.61 bits per heavy atom. The molecule has 0 saturated carbocycles. The van der Waals surface area contributed by atoms with E-state index in [-0.39, 0.29) is 5.75 Å². The van der Waals surface area contributed by atoms with Crippen molar-refractivity contribution in [2.24, 2.45) is 0 Å². The molecule has 1 atom stereocenters. The first-order valence-corrected chi connectivity index (χ1v) is 10.4. The van der Waals surface area contributed by atoms with Crippen LogP contribution in [0, 0.1) is 19.7 Å². The van der Waals surface area contributed by atoms with Gasteiger partial charge in [0.2, 0.25) is 0 Å². The predicted molar refractivity (Wildman–Crippen MR) is 116 cm³/mol. The van der Waals surface area contributed by atoms with E-state index in [1.807, 2.05) is 32.0 Å². The second kappa shape index (κ2) is 10.1. The van der Waals surface area contributed by atoms with Crippen LogP contribution in [0.25, 0.3) is 0 Å². The SMILES string of the molecule is Cc1ccc(C)c(Sc2ncccc2C(=O)NNC(=O)C(C)Oc2ccccc2F)c1. The van der Waals surface area contributed by atoms with Crippen molar-refractivity contribution in [3.05, 3.63) is 83.3 Å². The van der Waals surface area contributed by atoms with Gasteiger partial charge in [-0.3, -0.25) is 20.4 Å². The molecule has 1 aromatic heterocycles. The maximum atomic E-state index is 13.7. The van der Waals surface area contributed by atoms with Crippen LogP contribution >= 0.6 is 11.8 Å². The summed E-state index contributed by atoms with van der Waals surface area (Å²) in [7, 11) is 0. The fourth-order valence-electron chi connectivity index (χ4n) is 2.64. The highest BCUT2D eigenvalue weighted by atomic mass is 32.2. The van der Waals surface area contributed by atoms with Crippen molar-refractivity contribution in [1.29, 1.82) is 0 Å². The van der Waals surface area contributed by atoms with E-state index in [4.69, 9.17) is 4.74 Å². The van der Waals surface area contributed by atoms with Crippen LogP contribution < -0.4 is 15.6 Å². The lowest BCUT2D eigenvalue weighted by molar-refractivity contribution is -0.128. The Morgan fingerprint density at radius 1 is 1.06 bits per heavy atom.